The van der Waals surface area contributed by atoms with Crippen LogP contribution in [0.3, 0.4) is 0 Å². The van der Waals surface area contributed by atoms with E-state index >= 15 is 0 Å². The molecule has 1 saturated heterocycles. The molecule has 4 nitrogen and oxygen atoms in total. The molecule has 1 atom stereocenters. The third-order valence-electron chi connectivity index (χ3n) is 3.74. The van der Waals surface area contributed by atoms with Gasteiger partial charge >= 0.3 is 0 Å². The van der Waals surface area contributed by atoms with Gasteiger partial charge in [-0.1, -0.05) is 6.92 Å². The maximum absolute atomic E-state index is 11.6. The maximum atomic E-state index is 11.6. The van der Waals surface area contributed by atoms with Gasteiger partial charge < -0.3 is 9.97 Å². The molecule has 0 amide bonds. The summed E-state index contributed by atoms with van der Waals surface area (Å²) in [5, 5.41) is 0.999. The number of nitrogens with zero attached hydrogens (tertiary/aromatic N) is 1. The lowest BCUT2D eigenvalue weighted by Gasteiger charge is -2.30. The molecule has 0 saturated carbocycles. The van der Waals surface area contributed by atoms with Gasteiger partial charge in [0.05, 0.1) is 0 Å². The van der Waals surface area contributed by atoms with E-state index < -0.39 is 0 Å². The van der Waals surface area contributed by atoms with E-state index in [1.807, 2.05) is 6.07 Å². The van der Waals surface area contributed by atoms with Crippen molar-refractivity contribution in [1.29, 1.82) is 0 Å². The summed E-state index contributed by atoms with van der Waals surface area (Å²) in [5.41, 5.74) is 1.79. The van der Waals surface area contributed by atoms with Crippen LogP contribution in [0.4, 0.5) is 0 Å². The number of H-pyrrole nitrogens is 2. The summed E-state index contributed by atoms with van der Waals surface area (Å²) in [6, 6.07) is 4.03. The summed E-state index contributed by atoms with van der Waals surface area (Å²) in [6.07, 6.45) is 4.32. The molecule has 2 aromatic rings. The molecule has 3 heterocycles. The second-order valence-corrected chi connectivity index (χ2v) is 5.41. The van der Waals surface area contributed by atoms with Crippen LogP contribution in [-0.2, 0) is 6.54 Å². The number of likely N-dealkylation sites (tertiary alicyclic amines) is 1. The van der Waals surface area contributed by atoms with Crippen molar-refractivity contribution < 1.29 is 0 Å². The van der Waals surface area contributed by atoms with Crippen molar-refractivity contribution in [2.45, 2.75) is 26.3 Å². The fourth-order valence-electron chi connectivity index (χ4n) is 2.88. The van der Waals surface area contributed by atoms with Crippen LogP contribution in [0.5, 0.6) is 0 Å². The third-order valence-corrected chi connectivity index (χ3v) is 3.74. The Morgan fingerprint density at radius 3 is 3.17 bits per heavy atom. The van der Waals surface area contributed by atoms with Gasteiger partial charge in [0.1, 0.15) is 5.52 Å². The summed E-state index contributed by atoms with van der Waals surface area (Å²) >= 11 is 0. The zero-order valence-electron chi connectivity index (χ0n) is 10.7. The minimum Gasteiger partial charge on any atom is -0.353 e. The van der Waals surface area contributed by atoms with E-state index in [0.29, 0.717) is 5.52 Å². The van der Waals surface area contributed by atoms with Crippen LogP contribution < -0.4 is 5.56 Å². The molecule has 1 aliphatic heterocycles. The van der Waals surface area contributed by atoms with Crippen molar-refractivity contribution in [3.8, 4) is 0 Å². The van der Waals surface area contributed by atoms with E-state index in [1.165, 1.54) is 12.8 Å². The Morgan fingerprint density at radius 1 is 1.50 bits per heavy atom. The monoisotopic (exact) mass is 245 g/mol. The summed E-state index contributed by atoms with van der Waals surface area (Å²) in [4.78, 5) is 20.0. The standard InChI is InChI=1S/C14H19N3O/c1-10-3-2-6-17(8-10)9-12-7-11-4-5-15-14(18)13(11)16-12/h4-5,7,10,16H,2-3,6,8-9H2,1H3,(H,15,18)/t10-/m0/s1. The number of aromatic amines is 2. The molecule has 0 aromatic carbocycles. The van der Waals surface area contributed by atoms with E-state index in [1.54, 1.807) is 6.20 Å². The van der Waals surface area contributed by atoms with Gasteiger partial charge in [-0.2, -0.15) is 0 Å². The van der Waals surface area contributed by atoms with Crippen LogP contribution in [-0.4, -0.2) is 28.0 Å². The minimum absolute atomic E-state index is 0.0363. The number of fused-ring (bicyclic) bond motifs is 1. The van der Waals surface area contributed by atoms with Gasteiger partial charge in [0, 0.05) is 30.4 Å². The molecule has 96 valence electrons. The molecule has 0 spiro atoms. The van der Waals surface area contributed by atoms with Crippen LogP contribution in [0.1, 0.15) is 25.5 Å². The summed E-state index contributed by atoms with van der Waals surface area (Å²) in [5.74, 6) is 0.784. The number of hydrogen-bond acceptors (Lipinski definition) is 2. The number of rotatable bonds is 2. The van der Waals surface area contributed by atoms with Crippen LogP contribution in [0, 0.1) is 5.92 Å². The molecule has 2 aromatic heterocycles. The van der Waals surface area contributed by atoms with Gasteiger partial charge in [-0.3, -0.25) is 9.69 Å². The van der Waals surface area contributed by atoms with E-state index in [-0.39, 0.29) is 5.56 Å². The Morgan fingerprint density at radius 2 is 2.39 bits per heavy atom. The number of nitrogens with one attached hydrogen (secondary N) is 2. The van der Waals surface area contributed by atoms with Crippen LogP contribution in [0.15, 0.2) is 23.1 Å². The van der Waals surface area contributed by atoms with Gasteiger partial charge in [0.2, 0.25) is 0 Å². The Labute approximate surface area is 106 Å². The largest absolute Gasteiger partial charge is 0.353 e. The maximum Gasteiger partial charge on any atom is 0.272 e. The van der Waals surface area contributed by atoms with Gasteiger partial charge in [-0.15, -0.1) is 0 Å². The van der Waals surface area contributed by atoms with E-state index in [4.69, 9.17) is 0 Å². The van der Waals surface area contributed by atoms with Gasteiger partial charge in [-0.05, 0) is 37.4 Å². The summed E-state index contributed by atoms with van der Waals surface area (Å²) in [6.45, 7) is 5.54. The lowest BCUT2D eigenvalue weighted by molar-refractivity contribution is 0.175. The Hall–Kier alpha value is -1.55. The first-order chi connectivity index (χ1) is 8.72. The predicted molar refractivity (Wildman–Crippen MR) is 72.6 cm³/mol. The molecule has 0 radical (unpaired) electrons. The highest BCUT2D eigenvalue weighted by Gasteiger charge is 2.17. The second-order valence-electron chi connectivity index (χ2n) is 5.41. The quantitative estimate of drug-likeness (QED) is 0.851. The molecular weight excluding hydrogens is 226 g/mol. The van der Waals surface area contributed by atoms with Crippen molar-refractivity contribution in [3.63, 3.8) is 0 Å². The number of pyridine rings is 1. The molecule has 1 aliphatic rings. The zero-order chi connectivity index (χ0) is 12.5. The SMILES string of the molecule is C[C@H]1CCCN(Cc2cc3cc[nH]c(=O)c3[nH]2)C1. The third kappa shape index (κ3) is 2.20. The zero-order valence-corrected chi connectivity index (χ0v) is 10.7. The predicted octanol–water partition coefficient (Wildman–Crippen LogP) is 2.09. The van der Waals surface area contributed by atoms with Crippen molar-refractivity contribution in [2.24, 2.45) is 5.92 Å². The molecular formula is C14H19N3O. The average Bonchev–Trinajstić information content (AvgIpc) is 2.73. The van der Waals surface area contributed by atoms with Crippen molar-refractivity contribution in [3.05, 3.63) is 34.4 Å². The molecule has 0 unspecified atom stereocenters. The normalized spacial score (nSPS) is 21.5. The number of aromatic nitrogens is 2. The molecule has 0 aliphatic carbocycles. The number of piperidine rings is 1. The van der Waals surface area contributed by atoms with Crippen molar-refractivity contribution >= 4 is 10.9 Å². The van der Waals surface area contributed by atoms with E-state index in [0.717, 1.165) is 36.6 Å². The van der Waals surface area contributed by atoms with Gasteiger partial charge in [0.25, 0.3) is 5.56 Å². The first-order valence-electron chi connectivity index (χ1n) is 6.64. The molecule has 1 fully saturated rings. The molecule has 4 heteroatoms. The molecule has 18 heavy (non-hydrogen) atoms. The first kappa shape index (κ1) is 11.5. The minimum atomic E-state index is -0.0363. The highest BCUT2D eigenvalue weighted by molar-refractivity contribution is 5.78. The lowest BCUT2D eigenvalue weighted by Crippen LogP contribution is -2.33. The van der Waals surface area contributed by atoms with E-state index in [2.05, 4.69) is 27.9 Å². The Kier molecular flexibility index (Phi) is 2.96. The molecule has 2 N–H and O–H groups in total. The summed E-state index contributed by atoms with van der Waals surface area (Å²) in [7, 11) is 0. The highest BCUT2D eigenvalue weighted by Crippen LogP contribution is 2.19. The fourth-order valence-corrected chi connectivity index (χ4v) is 2.88. The van der Waals surface area contributed by atoms with Crippen molar-refractivity contribution in [1.82, 2.24) is 14.9 Å². The van der Waals surface area contributed by atoms with Crippen molar-refractivity contribution in [2.75, 3.05) is 13.1 Å². The summed E-state index contributed by atoms with van der Waals surface area (Å²) < 4.78 is 0. The van der Waals surface area contributed by atoms with Crippen LogP contribution in [0.2, 0.25) is 0 Å². The Balaban J connectivity index is 1.82. The average molecular weight is 245 g/mol. The van der Waals surface area contributed by atoms with Gasteiger partial charge in [0.15, 0.2) is 0 Å². The van der Waals surface area contributed by atoms with Crippen LogP contribution in [0.25, 0.3) is 10.9 Å². The smallest absolute Gasteiger partial charge is 0.272 e. The Bertz CT molecular complexity index is 598. The lowest BCUT2D eigenvalue weighted by atomic mass is 10.0. The van der Waals surface area contributed by atoms with E-state index in [9.17, 15) is 4.79 Å². The fraction of sp³-hybridized carbons (Fsp3) is 0.500. The number of hydrogen-bond donors (Lipinski definition) is 2. The highest BCUT2D eigenvalue weighted by atomic mass is 16.1. The second kappa shape index (κ2) is 4.61. The molecule has 0 bridgehead atoms. The topological polar surface area (TPSA) is 51.9 Å². The first-order valence-corrected chi connectivity index (χ1v) is 6.64. The molecule has 3 rings (SSSR count). The van der Waals surface area contributed by atoms with Crippen LogP contribution >= 0.6 is 0 Å². The van der Waals surface area contributed by atoms with Gasteiger partial charge in [-0.25, -0.2) is 0 Å².